The van der Waals surface area contributed by atoms with E-state index in [2.05, 4.69) is 4.99 Å². The van der Waals surface area contributed by atoms with Crippen LogP contribution in [-0.2, 0) is 4.79 Å². The molecule has 1 aromatic rings. The third-order valence-electron chi connectivity index (χ3n) is 1.67. The highest BCUT2D eigenvalue weighted by Gasteiger charge is 2.21. The Morgan fingerprint density at radius 3 is 2.29 bits per heavy atom. The van der Waals surface area contributed by atoms with Gasteiger partial charge in [0.15, 0.2) is 0 Å². The molecule has 1 N–H and O–H groups in total. The second-order valence-electron chi connectivity index (χ2n) is 2.59. The SMILES string of the molecule is O=C=NC(c1ccc(O)cc1)C(F)F. The standard InChI is InChI=1S/C9H7F2NO2/c10-9(11)8(12-5-13)6-1-3-7(14)4-2-6/h1-4,8-9,14H. The zero-order valence-corrected chi connectivity index (χ0v) is 7.02. The molecule has 1 atom stereocenters. The highest BCUT2D eigenvalue weighted by molar-refractivity contribution is 5.36. The molecule has 0 aromatic heterocycles. The molecule has 5 heteroatoms. The minimum atomic E-state index is -2.76. The molecule has 0 fully saturated rings. The summed E-state index contributed by atoms with van der Waals surface area (Å²) < 4.78 is 24.7. The number of nitrogens with zero attached hydrogens (tertiary/aromatic N) is 1. The predicted molar refractivity (Wildman–Crippen MR) is 45.0 cm³/mol. The van der Waals surface area contributed by atoms with Gasteiger partial charge in [-0.25, -0.2) is 13.6 Å². The number of hydrogen-bond donors (Lipinski definition) is 1. The third kappa shape index (κ3) is 2.37. The summed E-state index contributed by atoms with van der Waals surface area (Å²) in [5.41, 5.74) is 0.168. The van der Waals surface area contributed by atoms with E-state index < -0.39 is 12.5 Å². The zero-order valence-electron chi connectivity index (χ0n) is 7.02. The van der Waals surface area contributed by atoms with E-state index in [-0.39, 0.29) is 11.3 Å². The van der Waals surface area contributed by atoms with Crippen LogP contribution in [-0.4, -0.2) is 17.6 Å². The first-order chi connectivity index (χ1) is 6.65. The summed E-state index contributed by atoms with van der Waals surface area (Å²) >= 11 is 0. The number of phenolic OH excluding ortho intramolecular Hbond substituents is 1. The van der Waals surface area contributed by atoms with Crippen LogP contribution in [0.1, 0.15) is 11.6 Å². The van der Waals surface area contributed by atoms with Crippen LogP contribution in [0.15, 0.2) is 29.3 Å². The maximum Gasteiger partial charge on any atom is 0.265 e. The van der Waals surface area contributed by atoms with E-state index in [1.807, 2.05) is 0 Å². The van der Waals surface area contributed by atoms with Crippen LogP contribution in [0.25, 0.3) is 0 Å². The number of rotatable bonds is 3. The van der Waals surface area contributed by atoms with Gasteiger partial charge in [-0.05, 0) is 17.7 Å². The molecule has 74 valence electrons. The molecule has 1 rings (SSSR count). The monoisotopic (exact) mass is 199 g/mol. The van der Waals surface area contributed by atoms with Crippen molar-refractivity contribution in [1.82, 2.24) is 0 Å². The van der Waals surface area contributed by atoms with Crippen molar-refractivity contribution >= 4 is 6.08 Å². The smallest absolute Gasteiger partial charge is 0.265 e. The Kier molecular flexibility index (Phi) is 3.31. The van der Waals surface area contributed by atoms with Crippen LogP contribution in [0.5, 0.6) is 5.75 Å². The summed E-state index contributed by atoms with van der Waals surface area (Å²) in [5.74, 6) is -0.0307. The third-order valence-corrected chi connectivity index (χ3v) is 1.67. The van der Waals surface area contributed by atoms with Gasteiger partial charge in [-0.15, -0.1) is 0 Å². The number of alkyl halides is 2. The minimum Gasteiger partial charge on any atom is -0.508 e. The fourth-order valence-corrected chi connectivity index (χ4v) is 1.00. The van der Waals surface area contributed by atoms with E-state index in [1.165, 1.54) is 24.3 Å². The van der Waals surface area contributed by atoms with Gasteiger partial charge in [-0.2, -0.15) is 4.99 Å². The number of carbonyl (C=O) groups excluding carboxylic acids is 1. The predicted octanol–water partition coefficient (Wildman–Crippen LogP) is 2.03. The lowest BCUT2D eigenvalue weighted by molar-refractivity contribution is 0.117. The Morgan fingerprint density at radius 2 is 1.86 bits per heavy atom. The molecule has 1 unspecified atom stereocenters. The lowest BCUT2D eigenvalue weighted by Gasteiger charge is -2.09. The van der Waals surface area contributed by atoms with Crippen LogP contribution in [0.4, 0.5) is 8.78 Å². The Balaban J connectivity index is 2.99. The van der Waals surface area contributed by atoms with Crippen molar-refractivity contribution in [2.75, 3.05) is 0 Å². The molecular weight excluding hydrogens is 192 g/mol. The summed E-state index contributed by atoms with van der Waals surface area (Å²) in [6.45, 7) is 0. The number of hydrogen-bond acceptors (Lipinski definition) is 3. The summed E-state index contributed by atoms with van der Waals surface area (Å²) in [5, 5.41) is 8.91. The number of aromatic hydroxyl groups is 1. The van der Waals surface area contributed by atoms with E-state index >= 15 is 0 Å². The Labute approximate surface area is 78.7 Å². The van der Waals surface area contributed by atoms with Gasteiger partial charge in [-0.1, -0.05) is 12.1 Å². The van der Waals surface area contributed by atoms with Crippen molar-refractivity contribution in [2.24, 2.45) is 4.99 Å². The van der Waals surface area contributed by atoms with E-state index in [0.29, 0.717) is 0 Å². The average molecular weight is 199 g/mol. The molecule has 0 heterocycles. The summed E-state index contributed by atoms with van der Waals surface area (Å²) in [7, 11) is 0. The van der Waals surface area contributed by atoms with Gasteiger partial charge < -0.3 is 5.11 Å². The number of benzene rings is 1. The number of phenols is 1. The molecule has 1 aromatic carbocycles. The summed E-state index contributed by atoms with van der Waals surface area (Å²) in [6, 6.07) is 3.57. The van der Waals surface area contributed by atoms with E-state index in [4.69, 9.17) is 5.11 Å². The van der Waals surface area contributed by atoms with Gasteiger partial charge in [0.2, 0.25) is 6.08 Å². The van der Waals surface area contributed by atoms with Crippen LogP contribution >= 0.6 is 0 Å². The molecule has 0 aliphatic rings. The molecule has 0 saturated heterocycles. The van der Waals surface area contributed by atoms with Gasteiger partial charge >= 0.3 is 0 Å². The quantitative estimate of drug-likeness (QED) is 0.598. The lowest BCUT2D eigenvalue weighted by atomic mass is 10.1. The second kappa shape index (κ2) is 4.48. The summed E-state index contributed by atoms with van der Waals surface area (Å²) in [4.78, 5) is 12.9. The molecule has 3 nitrogen and oxygen atoms in total. The van der Waals surface area contributed by atoms with Crippen molar-refractivity contribution in [3.8, 4) is 5.75 Å². The van der Waals surface area contributed by atoms with Crippen molar-refractivity contribution in [2.45, 2.75) is 12.5 Å². The van der Waals surface area contributed by atoms with Crippen molar-refractivity contribution in [3.05, 3.63) is 29.8 Å². The van der Waals surface area contributed by atoms with Gasteiger partial charge in [0.25, 0.3) is 6.43 Å². The summed E-state index contributed by atoms with van der Waals surface area (Å²) in [6.07, 6.45) is -1.67. The first-order valence-electron chi connectivity index (χ1n) is 3.79. The molecule has 14 heavy (non-hydrogen) atoms. The Bertz CT molecular complexity index is 344. The van der Waals surface area contributed by atoms with Crippen LogP contribution in [0, 0.1) is 0 Å². The molecule has 0 radical (unpaired) electrons. The van der Waals surface area contributed by atoms with Crippen molar-refractivity contribution < 1.29 is 18.7 Å². The fourth-order valence-electron chi connectivity index (χ4n) is 1.00. The topological polar surface area (TPSA) is 49.7 Å². The van der Waals surface area contributed by atoms with Crippen LogP contribution in [0.2, 0.25) is 0 Å². The second-order valence-corrected chi connectivity index (χ2v) is 2.59. The van der Waals surface area contributed by atoms with E-state index in [1.54, 1.807) is 0 Å². The van der Waals surface area contributed by atoms with Crippen LogP contribution in [0.3, 0.4) is 0 Å². The van der Waals surface area contributed by atoms with Crippen molar-refractivity contribution in [3.63, 3.8) is 0 Å². The molecule has 0 aliphatic heterocycles. The first-order valence-corrected chi connectivity index (χ1v) is 3.79. The number of aliphatic imine (C=N–C) groups is 1. The van der Waals surface area contributed by atoms with Crippen molar-refractivity contribution in [1.29, 1.82) is 0 Å². The van der Waals surface area contributed by atoms with Gasteiger partial charge in [-0.3, -0.25) is 0 Å². The first kappa shape index (κ1) is 10.3. The minimum absolute atomic E-state index is 0.0307. The average Bonchev–Trinajstić information content (AvgIpc) is 2.15. The Hall–Kier alpha value is -1.74. The largest absolute Gasteiger partial charge is 0.508 e. The zero-order chi connectivity index (χ0) is 10.6. The number of halogens is 2. The highest BCUT2D eigenvalue weighted by atomic mass is 19.3. The van der Waals surface area contributed by atoms with Gasteiger partial charge in [0.1, 0.15) is 11.8 Å². The molecule has 0 bridgehead atoms. The maximum absolute atomic E-state index is 12.3. The van der Waals surface area contributed by atoms with Crippen LogP contribution < -0.4 is 0 Å². The van der Waals surface area contributed by atoms with Gasteiger partial charge in [0, 0.05) is 0 Å². The molecule has 0 amide bonds. The van der Waals surface area contributed by atoms with Gasteiger partial charge in [0.05, 0.1) is 0 Å². The normalized spacial score (nSPS) is 12.2. The fraction of sp³-hybridized carbons (Fsp3) is 0.222. The molecule has 0 spiro atoms. The van der Waals surface area contributed by atoms with E-state index in [9.17, 15) is 13.6 Å². The lowest BCUT2D eigenvalue weighted by Crippen LogP contribution is -2.05. The molecule has 0 aliphatic carbocycles. The Morgan fingerprint density at radius 1 is 1.29 bits per heavy atom. The molecule has 0 saturated carbocycles. The number of isocyanates is 1. The highest BCUT2D eigenvalue weighted by Crippen LogP contribution is 2.25. The maximum atomic E-state index is 12.3. The molecular formula is C9H7F2NO2. The van der Waals surface area contributed by atoms with E-state index in [0.717, 1.165) is 6.08 Å².